The predicted molar refractivity (Wildman–Crippen MR) is 70.2 cm³/mol. The molecule has 0 fully saturated rings. The molecule has 0 saturated carbocycles. The van der Waals surface area contributed by atoms with E-state index in [0.29, 0.717) is 12.3 Å². The SMILES string of the molecule is Cn1cc(NC(=O)Cn2nc(C(F)(F)F)c3c2CCOC3)nn1. The molecule has 0 radical (unpaired) electrons. The molecule has 0 atom stereocenters. The lowest BCUT2D eigenvalue weighted by atomic mass is 10.1. The van der Waals surface area contributed by atoms with Gasteiger partial charge in [-0.3, -0.25) is 14.2 Å². The summed E-state index contributed by atoms with van der Waals surface area (Å²) in [6, 6.07) is 0. The van der Waals surface area contributed by atoms with E-state index in [9.17, 15) is 18.0 Å². The molecule has 0 saturated heterocycles. The van der Waals surface area contributed by atoms with Crippen molar-refractivity contribution >= 4 is 11.7 Å². The van der Waals surface area contributed by atoms with Crippen LogP contribution in [0.15, 0.2) is 6.20 Å². The lowest BCUT2D eigenvalue weighted by Crippen LogP contribution is -2.22. The number of nitrogens with one attached hydrogen (secondary N) is 1. The van der Waals surface area contributed by atoms with Crippen molar-refractivity contribution in [1.29, 1.82) is 0 Å². The van der Waals surface area contributed by atoms with Crippen molar-refractivity contribution in [2.24, 2.45) is 7.05 Å². The lowest BCUT2D eigenvalue weighted by Gasteiger charge is -2.15. The van der Waals surface area contributed by atoms with E-state index < -0.39 is 17.8 Å². The second-order valence-corrected chi connectivity index (χ2v) is 5.06. The van der Waals surface area contributed by atoms with Crippen molar-refractivity contribution < 1.29 is 22.7 Å². The predicted octanol–water partition coefficient (Wildman–Crippen LogP) is 0.742. The summed E-state index contributed by atoms with van der Waals surface area (Å²) in [7, 11) is 1.63. The molecule has 0 bridgehead atoms. The van der Waals surface area contributed by atoms with Crippen molar-refractivity contribution in [3.63, 3.8) is 0 Å². The number of amides is 1. The molecule has 0 aromatic carbocycles. The largest absolute Gasteiger partial charge is 0.435 e. The van der Waals surface area contributed by atoms with E-state index >= 15 is 0 Å². The highest BCUT2D eigenvalue weighted by Gasteiger charge is 2.40. The number of fused-ring (bicyclic) bond motifs is 1. The van der Waals surface area contributed by atoms with Crippen molar-refractivity contribution in [2.75, 3.05) is 11.9 Å². The van der Waals surface area contributed by atoms with Gasteiger partial charge >= 0.3 is 6.18 Å². The number of aromatic nitrogens is 5. The third kappa shape index (κ3) is 3.18. The molecule has 2 aromatic rings. The number of rotatable bonds is 3. The molecule has 1 amide bonds. The Bertz CT molecular complexity index is 736. The van der Waals surface area contributed by atoms with E-state index in [-0.39, 0.29) is 31.0 Å². The van der Waals surface area contributed by atoms with Gasteiger partial charge in [0.2, 0.25) is 5.91 Å². The highest BCUT2D eigenvalue weighted by atomic mass is 19.4. The maximum Gasteiger partial charge on any atom is 0.435 e. The van der Waals surface area contributed by atoms with Gasteiger partial charge in [0.15, 0.2) is 11.5 Å². The fourth-order valence-electron chi connectivity index (χ4n) is 2.39. The summed E-state index contributed by atoms with van der Waals surface area (Å²) >= 11 is 0. The normalized spacial score (nSPS) is 14.6. The third-order valence-corrected chi connectivity index (χ3v) is 3.33. The van der Waals surface area contributed by atoms with Crippen LogP contribution >= 0.6 is 0 Å². The average Bonchev–Trinajstić information content (AvgIpc) is 3.03. The van der Waals surface area contributed by atoms with E-state index in [4.69, 9.17) is 4.74 Å². The summed E-state index contributed by atoms with van der Waals surface area (Å²) in [6.07, 6.45) is -2.83. The fourth-order valence-corrected chi connectivity index (χ4v) is 2.39. The van der Waals surface area contributed by atoms with Gasteiger partial charge in [-0.05, 0) is 0 Å². The van der Waals surface area contributed by atoms with Crippen LogP contribution in [0.5, 0.6) is 0 Å². The number of alkyl halides is 3. The van der Waals surface area contributed by atoms with Gasteiger partial charge in [0.05, 0.1) is 19.4 Å². The molecule has 0 spiro atoms. The Kier molecular flexibility index (Phi) is 3.80. The van der Waals surface area contributed by atoms with Crippen LogP contribution < -0.4 is 5.32 Å². The second-order valence-electron chi connectivity index (χ2n) is 5.06. The topological polar surface area (TPSA) is 86.9 Å². The van der Waals surface area contributed by atoms with Crippen molar-refractivity contribution in [3.05, 3.63) is 23.1 Å². The zero-order valence-electron chi connectivity index (χ0n) is 12.1. The van der Waals surface area contributed by atoms with Crippen molar-refractivity contribution in [1.82, 2.24) is 24.8 Å². The summed E-state index contributed by atoms with van der Waals surface area (Å²) in [5.41, 5.74) is -0.631. The monoisotopic (exact) mass is 330 g/mol. The number of anilines is 1. The summed E-state index contributed by atoms with van der Waals surface area (Å²) in [5, 5.41) is 13.3. The first-order valence-electron chi connectivity index (χ1n) is 6.74. The molecule has 0 aliphatic carbocycles. The number of aryl methyl sites for hydroxylation is 1. The van der Waals surface area contributed by atoms with Gasteiger partial charge in [-0.2, -0.15) is 18.3 Å². The Morgan fingerprint density at radius 1 is 1.48 bits per heavy atom. The van der Waals surface area contributed by atoms with Gasteiger partial charge in [0.1, 0.15) is 6.54 Å². The highest BCUT2D eigenvalue weighted by molar-refractivity contribution is 5.89. The van der Waals surface area contributed by atoms with E-state index in [1.807, 2.05) is 0 Å². The van der Waals surface area contributed by atoms with Crippen LogP contribution in [0.1, 0.15) is 17.0 Å². The molecule has 124 valence electrons. The Morgan fingerprint density at radius 2 is 2.26 bits per heavy atom. The van der Waals surface area contributed by atoms with E-state index in [0.717, 1.165) is 4.68 Å². The molecule has 1 aliphatic heterocycles. The molecule has 11 heteroatoms. The molecule has 8 nitrogen and oxygen atoms in total. The number of carbonyl (C=O) groups is 1. The summed E-state index contributed by atoms with van der Waals surface area (Å²) in [4.78, 5) is 12.0. The number of halogens is 3. The Morgan fingerprint density at radius 3 is 2.91 bits per heavy atom. The van der Waals surface area contributed by atoms with Gasteiger partial charge < -0.3 is 10.1 Å². The summed E-state index contributed by atoms with van der Waals surface area (Å²) in [6.45, 7) is -0.202. The molecule has 3 rings (SSSR count). The summed E-state index contributed by atoms with van der Waals surface area (Å²) in [5.74, 6) is -0.311. The van der Waals surface area contributed by atoms with Crippen molar-refractivity contribution in [2.45, 2.75) is 25.7 Å². The smallest absolute Gasteiger partial charge is 0.376 e. The maximum absolute atomic E-state index is 13.0. The van der Waals surface area contributed by atoms with Crippen LogP contribution in [0.3, 0.4) is 0 Å². The van der Waals surface area contributed by atoms with Gasteiger partial charge in [-0.15, -0.1) is 5.10 Å². The number of nitrogens with zero attached hydrogens (tertiary/aromatic N) is 5. The van der Waals surface area contributed by atoms with E-state index in [1.54, 1.807) is 7.05 Å². The van der Waals surface area contributed by atoms with Crippen LogP contribution in [-0.4, -0.2) is 37.3 Å². The first kappa shape index (κ1) is 15.5. The van der Waals surface area contributed by atoms with Crippen LogP contribution in [-0.2, 0) is 42.3 Å². The molecule has 1 N–H and O–H groups in total. The maximum atomic E-state index is 13.0. The van der Waals surface area contributed by atoms with Gasteiger partial charge in [0, 0.05) is 24.7 Å². The van der Waals surface area contributed by atoms with Crippen LogP contribution in [0.25, 0.3) is 0 Å². The minimum Gasteiger partial charge on any atom is -0.376 e. The van der Waals surface area contributed by atoms with Gasteiger partial charge in [-0.25, -0.2) is 0 Å². The Balaban J connectivity index is 1.82. The standard InChI is InChI=1S/C12H13F3N6O2/c1-20-4-9(17-19-20)16-10(22)5-21-8-2-3-23-6-7(8)11(18-21)12(13,14)15/h4H,2-3,5-6H2,1H3,(H,16,22). The summed E-state index contributed by atoms with van der Waals surface area (Å²) < 4.78 is 46.6. The van der Waals surface area contributed by atoms with Crippen molar-refractivity contribution in [3.8, 4) is 0 Å². The first-order valence-corrected chi connectivity index (χ1v) is 6.74. The van der Waals surface area contributed by atoms with Crippen LogP contribution in [0.4, 0.5) is 19.0 Å². The molecule has 3 heterocycles. The Hall–Kier alpha value is -2.43. The minimum atomic E-state index is -4.59. The number of carbonyl (C=O) groups excluding carboxylic acids is 1. The van der Waals surface area contributed by atoms with Crippen LogP contribution in [0.2, 0.25) is 0 Å². The number of hydrogen-bond donors (Lipinski definition) is 1. The van der Waals surface area contributed by atoms with Gasteiger partial charge in [0.25, 0.3) is 0 Å². The molecule has 2 aromatic heterocycles. The average molecular weight is 330 g/mol. The van der Waals surface area contributed by atoms with Gasteiger partial charge in [-0.1, -0.05) is 5.21 Å². The lowest BCUT2D eigenvalue weighted by molar-refractivity contribution is -0.143. The molecular formula is C12H13F3N6O2. The first-order chi connectivity index (χ1) is 10.8. The second kappa shape index (κ2) is 5.65. The Labute approximate surface area is 128 Å². The minimum absolute atomic E-state index is 0.00365. The third-order valence-electron chi connectivity index (χ3n) is 3.33. The number of ether oxygens (including phenoxy) is 1. The van der Waals surface area contributed by atoms with E-state index in [2.05, 4.69) is 20.7 Å². The molecule has 0 unspecified atom stereocenters. The number of hydrogen-bond acceptors (Lipinski definition) is 5. The molecular weight excluding hydrogens is 317 g/mol. The highest BCUT2D eigenvalue weighted by Crippen LogP contribution is 2.34. The van der Waals surface area contributed by atoms with E-state index in [1.165, 1.54) is 10.9 Å². The zero-order chi connectivity index (χ0) is 16.6. The molecule has 1 aliphatic rings. The molecule has 23 heavy (non-hydrogen) atoms. The van der Waals surface area contributed by atoms with Crippen LogP contribution in [0, 0.1) is 0 Å². The fraction of sp³-hybridized carbons (Fsp3) is 0.500. The quantitative estimate of drug-likeness (QED) is 0.897. The zero-order valence-corrected chi connectivity index (χ0v) is 12.1.